The number of anilines is 1. The highest BCUT2D eigenvalue weighted by molar-refractivity contribution is 7.92. The van der Waals surface area contributed by atoms with E-state index in [1.807, 2.05) is 20.8 Å². The number of nitrogens with one attached hydrogen (secondary N) is 1. The minimum atomic E-state index is -3.84. The van der Waals surface area contributed by atoms with E-state index in [9.17, 15) is 18.0 Å². The number of para-hydroxylation sites is 2. The van der Waals surface area contributed by atoms with Gasteiger partial charge in [0.1, 0.15) is 18.3 Å². The van der Waals surface area contributed by atoms with Crippen molar-refractivity contribution in [1.82, 2.24) is 10.2 Å². The van der Waals surface area contributed by atoms with E-state index in [1.165, 1.54) is 12.0 Å². The molecule has 0 aliphatic heterocycles. The van der Waals surface area contributed by atoms with E-state index >= 15 is 0 Å². The standard InChI is InChI=1S/C24H32ClN3O5S/c1-17(23(30)26-24(2,3)4)27(15-18-11-13-19(25)14-12-18)22(29)16-28(34(6,31)32)20-9-7-8-10-21(20)33-5/h7-14,17H,15-16H2,1-6H3,(H,26,30)/t17-/m1/s1. The molecule has 0 radical (unpaired) electrons. The molecular formula is C24H32ClN3O5S. The summed E-state index contributed by atoms with van der Waals surface area (Å²) in [6, 6.07) is 12.6. The molecule has 0 aliphatic carbocycles. The van der Waals surface area contributed by atoms with Crippen molar-refractivity contribution in [2.45, 2.75) is 45.8 Å². The van der Waals surface area contributed by atoms with Crippen LogP contribution in [0.4, 0.5) is 5.69 Å². The minimum Gasteiger partial charge on any atom is -0.495 e. The predicted octanol–water partition coefficient (Wildman–Crippen LogP) is 3.45. The SMILES string of the molecule is COc1ccccc1N(CC(=O)N(Cc1ccc(Cl)cc1)[C@H](C)C(=O)NC(C)(C)C)S(C)(=O)=O. The second-order valence-electron chi connectivity index (χ2n) is 9.00. The summed E-state index contributed by atoms with van der Waals surface area (Å²) in [6.07, 6.45) is 1.02. The number of sulfonamides is 1. The molecule has 0 saturated heterocycles. The molecule has 10 heteroatoms. The molecule has 0 fully saturated rings. The normalized spacial score (nSPS) is 12.6. The number of ether oxygens (including phenoxy) is 1. The lowest BCUT2D eigenvalue weighted by atomic mass is 10.1. The van der Waals surface area contributed by atoms with E-state index in [1.54, 1.807) is 55.5 Å². The third-order valence-electron chi connectivity index (χ3n) is 4.96. The number of amides is 2. The lowest BCUT2D eigenvalue weighted by Crippen LogP contribution is -2.54. The fourth-order valence-electron chi connectivity index (χ4n) is 3.27. The van der Waals surface area contributed by atoms with Crippen molar-refractivity contribution in [3.63, 3.8) is 0 Å². The molecular weight excluding hydrogens is 478 g/mol. The van der Waals surface area contributed by atoms with E-state index < -0.39 is 34.1 Å². The average Bonchev–Trinajstić information content (AvgIpc) is 2.74. The van der Waals surface area contributed by atoms with Gasteiger partial charge in [0.15, 0.2) is 0 Å². The molecule has 0 saturated carbocycles. The molecule has 2 amide bonds. The first kappa shape index (κ1) is 27.5. The topological polar surface area (TPSA) is 96.0 Å². The molecule has 2 rings (SSSR count). The number of hydrogen-bond acceptors (Lipinski definition) is 5. The van der Waals surface area contributed by atoms with Gasteiger partial charge in [0, 0.05) is 17.1 Å². The molecule has 0 aliphatic rings. The summed E-state index contributed by atoms with van der Waals surface area (Å²) in [4.78, 5) is 27.8. The van der Waals surface area contributed by atoms with Crippen LogP contribution in [-0.2, 0) is 26.2 Å². The van der Waals surface area contributed by atoms with E-state index in [4.69, 9.17) is 16.3 Å². The maximum atomic E-state index is 13.5. The van der Waals surface area contributed by atoms with Crippen molar-refractivity contribution >= 4 is 39.1 Å². The Morgan fingerprint density at radius 1 is 1.09 bits per heavy atom. The zero-order valence-electron chi connectivity index (χ0n) is 20.3. The highest BCUT2D eigenvalue weighted by Crippen LogP contribution is 2.29. The number of methoxy groups -OCH3 is 1. The number of halogens is 1. The number of nitrogens with zero attached hydrogens (tertiary/aromatic N) is 2. The smallest absolute Gasteiger partial charge is 0.244 e. The molecule has 0 heterocycles. The fourth-order valence-corrected chi connectivity index (χ4v) is 4.25. The van der Waals surface area contributed by atoms with Crippen molar-refractivity contribution in [2.75, 3.05) is 24.2 Å². The van der Waals surface area contributed by atoms with Gasteiger partial charge in [-0.25, -0.2) is 8.42 Å². The van der Waals surface area contributed by atoms with Gasteiger partial charge < -0.3 is 15.0 Å². The first-order chi connectivity index (χ1) is 15.7. The number of carbonyl (C=O) groups is 2. The first-order valence-electron chi connectivity index (χ1n) is 10.7. The molecule has 34 heavy (non-hydrogen) atoms. The lowest BCUT2D eigenvalue weighted by Gasteiger charge is -2.33. The van der Waals surface area contributed by atoms with E-state index in [0.29, 0.717) is 10.8 Å². The van der Waals surface area contributed by atoms with Gasteiger partial charge >= 0.3 is 0 Å². The first-order valence-corrected chi connectivity index (χ1v) is 12.9. The van der Waals surface area contributed by atoms with Gasteiger partial charge in [0.2, 0.25) is 21.8 Å². The Labute approximate surface area is 206 Å². The van der Waals surface area contributed by atoms with Crippen molar-refractivity contribution < 1.29 is 22.7 Å². The second kappa shape index (κ2) is 11.1. The molecule has 2 aromatic carbocycles. The van der Waals surface area contributed by atoms with E-state index in [2.05, 4.69) is 5.32 Å². The summed E-state index contributed by atoms with van der Waals surface area (Å²) in [7, 11) is -2.42. The van der Waals surface area contributed by atoms with Crippen LogP contribution in [0.3, 0.4) is 0 Å². The number of benzene rings is 2. The fraction of sp³-hybridized carbons (Fsp3) is 0.417. The highest BCUT2D eigenvalue weighted by atomic mass is 35.5. The van der Waals surface area contributed by atoms with Crippen LogP contribution in [-0.4, -0.2) is 56.6 Å². The van der Waals surface area contributed by atoms with Gasteiger partial charge in [0.25, 0.3) is 0 Å². The van der Waals surface area contributed by atoms with Crippen LogP contribution < -0.4 is 14.4 Å². The van der Waals surface area contributed by atoms with Gasteiger partial charge in [-0.2, -0.15) is 0 Å². The second-order valence-corrected chi connectivity index (χ2v) is 11.3. The third-order valence-corrected chi connectivity index (χ3v) is 6.34. The molecule has 0 bridgehead atoms. The molecule has 0 aromatic heterocycles. The Bertz CT molecular complexity index is 1110. The summed E-state index contributed by atoms with van der Waals surface area (Å²) in [5.41, 5.74) is 0.478. The monoisotopic (exact) mass is 509 g/mol. The zero-order valence-corrected chi connectivity index (χ0v) is 21.9. The third kappa shape index (κ3) is 7.63. The van der Waals surface area contributed by atoms with Crippen molar-refractivity contribution in [3.05, 3.63) is 59.1 Å². The molecule has 8 nitrogen and oxygen atoms in total. The largest absolute Gasteiger partial charge is 0.495 e. The molecule has 0 unspecified atom stereocenters. The van der Waals surface area contributed by atoms with Crippen LogP contribution in [0.25, 0.3) is 0 Å². The van der Waals surface area contributed by atoms with Gasteiger partial charge in [-0.15, -0.1) is 0 Å². The van der Waals surface area contributed by atoms with Crippen LogP contribution in [0.5, 0.6) is 5.75 Å². The van der Waals surface area contributed by atoms with Gasteiger partial charge in [-0.1, -0.05) is 35.9 Å². The maximum absolute atomic E-state index is 13.5. The Balaban J connectivity index is 2.43. The summed E-state index contributed by atoms with van der Waals surface area (Å²) in [6.45, 7) is 6.74. The maximum Gasteiger partial charge on any atom is 0.244 e. The van der Waals surface area contributed by atoms with E-state index in [-0.39, 0.29) is 18.1 Å². The Morgan fingerprint density at radius 3 is 2.21 bits per heavy atom. The number of rotatable bonds is 9. The Kier molecular flexibility index (Phi) is 8.96. The van der Waals surface area contributed by atoms with Crippen LogP contribution in [0, 0.1) is 0 Å². The van der Waals surface area contributed by atoms with Crippen LogP contribution in [0.15, 0.2) is 48.5 Å². The molecule has 1 N–H and O–H groups in total. The number of hydrogen-bond donors (Lipinski definition) is 1. The minimum absolute atomic E-state index is 0.0955. The summed E-state index contributed by atoms with van der Waals surface area (Å²) < 4.78 is 31.6. The Morgan fingerprint density at radius 2 is 1.68 bits per heavy atom. The predicted molar refractivity (Wildman–Crippen MR) is 135 cm³/mol. The quantitative estimate of drug-likeness (QED) is 0.558. The highest BCUT2D eigenvalue weighted by Gasteiger charge is 2.32. The van der Waals surface area contributed by atoms with Gasteiger partial charge in [0.05, 0.1) is 19.1 Å². The Hall–Kier alpha value is -2.78. The van der Waals surface area contributed by atoms with Crippen LogP contribution >= 0.6 is 11.6 Å². The summed E-state index contributed by atoms with van der Waals surface area (Å²) >= 11 is 5.98. The molecule has 1 atom stereocenters. The molecule has 2 aromatic rings. The zero-order chi connectivity index (χ0) is 25.7. The van der Waals surface area contributed by atoms with Crippen LogP contribution in [0.1, 0.15) is 33.3 Å². The van der Waals surface area contributed by atoms with Crippen molar-refractivity contribution in [1.29, 1.82) is 0 Å². The van der Waals surface area contributed by atoms with Crippen LogP contribution in [0.2, 0.25) is 5.02 Å². The van der Waals surface area contributed by atoms with E-state index in [0.717, 1.165) is 16.1 Å². The molecule has 0 spiro atoms. The molecule has 186 valence electrons. The van der Waals surface area contributed by atoms with Crippen molar-refractivity contribution in [3.8, 4) is 5.75 Å². The summed E-state index contributed by atoms with van der Waals surface area (Å²) in [5.74, 6) is -0.579. The average molecular weight is 510 g/mol. The summed E-state index contributed by atoms with van der Waals surface area (Å²) in [5, 5.41) is 3.42. The van der Waals surface area contributed by atoms with Gasteiger partial charge in [-0.3, -0.25) is 13.9 Å². The van der Waals surface area contributed by atoms with Gasteiger partial charge in [-0.05, 0) is 57.5 Å². The lowest BCUT2D eigenvalue weighted by molar-refractivity contribution is -0.140. The number of carbonyl (C=O) groups excluding carboxylic acids is 2. The van der Waals surface area contributed by atoms with Crippen molar-refractivity contribution in [2.24, 2.45) is 0 Å².